The molecule has 110 valence electrons. The van der Waals surface area contributed by atoms with Gasteiger partial charge in [0.15, 0.2) is 16.7 Å². The number of likely N-dealkylation sites (tertiary alicyclic amines) is 1. The van der Waals surface area contributed by atoms with Crippen LogP contribution in [0.2, 0.25) is 5.15 Å². The van der Waals surface area contributed by atoms with Crippen LogP contribution in [-0.4, -0.2) is 47.5 Å². The van der Waals surface area contributed by atoms with E-state index in [1.807, 2.05) is 4.90 Å². The number of hydrogen-bond donors (Lipinski definition) is 1. The van der Waals surface area contributed by atoms with Gasteiger partial charge in [-0.15, -0.1) is 0 Å². The number of carbonyl (C=O) groups is 1. The standard InChI is InChI=1S/C13H19ClN4O2/c1-20-11-12(14)16-9-17-13(11)15-6-5-10(19)18-7-3-2-4-8-18/h9H,2-8H2,1H3,(H,15,16,17). The van der Waals surface area contributed by atoms with Gasteiger partial charge in [-0.1, -0.05) is 11.6 Å². The van der Waals surface area contributed by atoms with Crippen molar-refractivity contribution in [1.82, 2.24) is 14.9 Å². The maximum absolute atomic E-state index is 12.0. The lowest BCUT2D eigenvalue weighted by Gasteiger charge is -2.26. The molecule has 1 saturated heterocycles. The van der Waals surface area contributed by atoms with Crippen molar-refractivity contribution in [2.45, 2.75) is 25.7 Å². The van der Waals surface area contributed by atoms with Crippen molar-refractivity contribution in [2.75, 3.05) is 32.1 Å². The van der Waals surface area contributed by atoms with Crippen molar-refractivity contribution in [2.24, 2.45) is 0 Å². The van der Waals surface area contributed by atoms with Gasteiger partial charge >= 0.3 is 0 Å². The molecule has 0 unspecified atom stereocenters. The third-order valence-electron chi connectivity index (χ3n) is 3.30. The zero-order valence-electron chi connectivity index (χ0n) is 11.6. The van der Waals surface area contributed by atoms with Crippen LogP contribution in [0, 0.1) is 0 Å². The van der Waals surface area contributed by atoms with Gasteiger partial charge in [-0.25, -0.2) is 9.97 Å². The number of carbonyl (C=O) groups excluding carboxylic acids is 1. The summed E-state index contributed by atoms with van der Waals surface area (Å²) in [5, 5.41) is 3.32. The Balaban J connectivity index is 1.83. The van der Waals surface area contributed by atoms with Crippen LogP contribution in [0.15, 0.2) is 6.33 Å². The molecule has 1 N–H and O–H groups in total. The smallest absolute Gasteiger partial charge is 0.224 e. The van der Waals surface area contributed by atoms with E-state index in [1.54, 1.807) is 0 Å². The summed E-state index contributed by atoms with van der Waals surface area (Å²) in [7, 11) is 1.51. The van der Waals surface area contributed by atoms with Gasteiger partial charge in [0.05, 0.1) is 7.11 Å². The lowest BCUT2D eigenvalue weighted by molar-refractivity contribution is -0.131. The average Bonchev–Trinajstić information content (AvgIpc) is 2.48. The average molecular weight is 299 g/mol. The first-order valence-corrected chi connectivity index (χ1v) is 7.16. The molecule has 0 atom stereocenters. The summed E-state index contributed by atoms with van der Waals surface area (Å²) in [6.45, 7) is 2.25. The highest BCUT2D eigenvalue weighted by atomic mass is 35.5. The number of anilines is 1. The number of methoxy groups -OCH3 is 1. The van der Waals surface area contributed by atoms with Crippen molar-refractivity contribution in [3.63, 3.8) is 0 Å². The lowest BCUT2D eigenvalue weighted by Crippen LogP contribution is -2.36. The van der Waals surface area contributed by atoms with Crippen molar-refractivity contribution in [1.29, 1.82) is 0 Å². The quantitative estimate of drug-likeness (QED) is 0.842. The molecule has 0 radical (unpaired) electrons. The van der Waals surface area contributed by atoms with Gasteiger partial charge in [0.1, 0.15) is 6.33 Å². The summed E-state index contributed by atoms with van der Waals surface area (Å²) in [5.41, 5.74) is 0. The van der Waals surface area contributed by atoms with E-state index in [2.05, 4.69) is 15.3 Å². The second-order valence-corrected chi connectivity index (χ2v) is 5.02. The number of hydrogen-bond acceptors (Lipinski definition) is 5. The van der Waals surface area contributed by atoms with Crippen LogP contribution >= 0.6 is 11.6 Å². The number of rotatable bonds is 5. The van der Waals surface area contributed by atoms with Crippen LogP contribution in [0.5, 0.6) is 5.75 Å². The van der Waals surface area contributed by atoms with Crippen molar-refractivity contribution >= 4 is 23.3 Å². The summed E-state index contributed by atoms with van der Waals surface area (Å²) in [5.74, 6) is 1.09. The predicted octanol–water partition coefficient (Wildman–Crippen LogP) is 1.95. The van der Waals surface area contributed by atoms with E-state index in [-0.39, 0.29) is 11.1 Å². The normalized spacial score (nSPS) is 15.0. The molecular weight excluding hydrogens is 280 g/mol. The Bertz CT molecular complexity index is 464. The Morgan fingerprint density at radius 1 is 1.40 bits per heavy atom. The molecule has 1 amide bonds. The first kappa shape index (κ1) is 14.8. The van der Waals surface area contributed by atoms with E-state index in [9.17, 15) is 4.79 Å². The molecule has 0 bridgehead atoms. The molecule has 2 heterocycles. The summed E-state index contributed by atoms with van der Waals surface area (Å²) in [6.07, 6.45) is 5.23. The summed E-state index contributed by atoms with van der Waals surface area (Å²) in [6, 6.07) is 0. The molecule has 0 aromatic carbocycles. The van der Waals surface area contributed by atoms with Gasteiger partial charge in [-0.05, 0) is 19.3 Å². The molecular formula is C13H19ClN4O2. The lowest BCUT2D eigenvalue weighted by atomic mass is 10.1. The van der Waals surface area contributed by atoms with Gasteiger partial charge in [0, 0.05) is 26.1 Å². The topological polar surface area (TPSA) is 67.4 Å². The molecule has 0 aliphatic carbocycles. The molecule has 20 heavy (non-hydrogen) atoms. The first-order valence-electron chi connectivity index (χ1n) is 6.78. The Morgan fingerprint density at radius 2 is 2.15 bits per heavy atom. The number of nitrogens with zero attached hydrogens (tertiary/aromatic N) is 3. The number of aromatic nitrogens is 2. The summed E-state index contributed by atoms with van der Waals surface area (Å²) < 4.78 is 5.14. The minimum absolute atomic E-state index is 0.177. The molecule has 0 spiro atoms. The van der Waals surface area contributed by atoms with Gasteiger partial charge in [-0.2, -0.15) is 0 Å². The molecule has 1 aromatic rings. The third kappa shape index (κ3) is 3.72. The highest BCUT2D eigenvalue weighted by Crippen LogP contribution is 2.28. The molecule has 7 heteroatoms. The van der Waals surface area contributed by atoms with Gasteiger partial charge in [0.25, 0.3) is 0 Å². The van der Waals surface area contributed by atoms with Crippen molar-refractivity contribution < 1.29 is 9.53 Å². The largest absolute Gasteiger partial charge is 0.490 e. The number of nitrogens with one attached hydrogen (secondary N) is 1. The SMILES string of the molecule is COc1c(Cl)ncnc1NCCC(=O)N1CCCCC1. The van der Waals surface area contributed by atoms with E-state index in [1.165, 1.54) is 19.9 Å². The van der Waals surface area contributed by atoms with Gasteiger partial charge in [0.2, 0.25) is 5.91 Å². The van der Waals surface area contributed by atoms with Crippen molar-refractivity contribution in [3.8, 4) is 5.75 Å². The highest BCUT2D eigenvalue weighted by molar-refractivity contribution is 6.31. The Kier molecular flexibility index (Phi) is 5.40. The zero-order chi connectivity index (χ0) is 14.4. The highest BCUT2D eigenvalue weighted by Gasteiger charge is 2.16. The number of piperidine rings is 1. The van der Waals surface area contributed by atoms with Gasteiger partial charge < -0.3 is 15.0 Å². The van der Waals surface area contributed by atoms with Crippen molar-refractivity contribution in [3.05, 3.63) is 11.5 Å². The molecule has 6 nitrogen and oxygen atoms in total. The minimum atomic E-state index is 0.177. The van der Waals surface area contributed by atoms with E-state index < -0.39 is 0 Å². The van der Waals surface area contributed by atoms with Crippen LogP contribution in [0.25, 0.3) is 0 Å². The second kappa shape index (κ2) is 7.28. The van der Waals surface area contributed by atoms with Crippen LogP contribution in [-0.2, 0) is 4.79 Å². The maximum Gasteiger partial charge on any atom is 0.224 e. The Hall–Kier alpha value is -1.56. The third-order valence-corrected chi connectivity index (χ3v) is 3.57. The van der Waals surface area contributed by atoms with Gasteiger partial charge in [-0.3, -0.25) is 4.79 Å². The fourth-order valence-electron chi connectivity index (χ4n) is 2.25. The van der Waals surface area contributed by atoms with Crippen LogP contribution in [0.1, 0.15) is 25.7 Å². The maximum atomic E-state index is 12.0. The molecule has 1 aliphatic heterocycles. The van der Waals surface area contributed by atoms with E-state index in [0.717, 1.165) is 25.9 Å². The number of halogens is 1. The molecule has 2 rings (SSSR count). The zero-order valence-corrected chi connectivity index (χ0v) is 12.3. The van der Waals surface area contributed by atoms with Crippen LogP contribution in [0.4, 0.5) is 5.82 Å². The van der Waals surface area contributed by atoms with E-state index >= 15 is 0 Å². The molecule has 0 saturated carbocycles. The summed E-state index contributed by atoms with van der Waals surface area (Å²) in [4.78, 5) is 21.8. The fraction of sp³-hybridized carbons (Fsp3) is 0.615. The van der Waals surface area contributed by atoms with E-state index in [4.69, 9.17) is 16.3 Å². The molecule has 1 fully saturated rings. The number of ether oxygens (including phenoxy) is 1. The predicted molar refractivity (Wildman–Crippen MR) is 77.1 cm³/mol. The molecule has 1 aromatic heterocycles. The van der Waals surface area contributed by atoms with Crippen LogP contribution in [0.3, 0.4) is 0 Å². The van der Waals surface area contributed by atoms with Crippen LogP contribution < -0.4 is 10.1 Å². The second-order valence-electron chi connectivity index (χ2n) is 4.66. The Labute approximate surface area is 123 Å². The fourth-order valence-corrected chi connectivity index (χ4v) is 2.46. The van der Waals surface area contributed by atoms with E-state index in [0.29, 0.717) is 24.5 Å². The summed E-state index contributed by atoms with van der Waals surface area (Å²) >= 11 is 5.90. The monoisotopic (exact) mass is 298 g/mol. The first-order chi connectivity index (χ1) is 9.72. The minimum Gasteiger partial charge on any atom is -0.490 e. The number of amides is 1. The molecule has 1 aliphatic rings. The Morgan fingerprint density at radius 3 is 2.85 bits per heavy atom.